The van der Waals surface area contributed by atoms with Gasteiger partial charge in [0, 0.05) is 57.4 Å². The minimum absolute atomic E-state index is 0.301. The lowest BCUT2D eigenvalue weighted by Gasteiger charge is -2.31. The summed E-state index contributed by atoms with van der Waals surface area (Å²) in [4.78, 5) is 17.3. The average Bonchev–Trinajstić information content (AvgIpc) is 3.49. The molecule has 0 bridgehead atoms. The summed E-state index contributed by atoms with van der Waals surface area (Å²) in [6.45, 7) is 8.10. The molecule has 0 spiro atoms. The molecule has 2 amide bonds. The van der Waals surface area contributed by atoms with Gasteiger partial charge in [-0.3, -0.25) is 4.90 Å². The van der Waals surface area contributed by atoms with E-state index in [4.69, 9.17) is 0 Å². The van der Waals surface area contributed by atoms with Crippen molar-refractivity contribution in [1.82, 2.24) is 34.7 Å². The Bertz CT molecular complexity index is 1340. The molecule has 9 nitrogen and oxygen atoms in total. The molecular formula is C26H31FN8O. The lowest BCUT2D eigenvalue weighted by Crippen LogP contribution is -2.43. The molecule has 5 rings (SSSR count). The number of nitrogens with one attached hydrogen (secondary N) is 2. The van der Waals surface area contributed by atoms with Crippen LogP contribution < -0.4 is 10.6 Å². The van der Waals surface area contributed by atoms with Gasteiger partial charge in [-0.1, -0.05) is 17.3 Å². The lowest BCUT2D eigenvalue weighted by atomic mass is 10.2. The molecule has 10 heteroatoms. The van der Waals surface area contributed by atoms with Gasteiger partial charge in [-0.05, 0) is 49.9 Å². The minimum Gasteiger partial charge on any atom is -0.346 e. The second-order valence-electron chi connectivity index (χ2n) is 9.20. The third kappa shape index (κ3) is 5.39. The molecule has 1 fully saturated rings. The van der Waals surface area contributed by atoms with E-state index in [2.05, 4.69) is 49.3 Å². The molecule has 1 saturated heterocycles. The van der Waals surface area contributed by atoms with Gasteiger partial charge in [0.05, 0.1) is 28.8 Å². The Kier molecular flexibility index (Phi) is 6.97. The quantitative estimate of drug-likeness (QED) is 0.415. The number of carbonyl (C=O) groups excluding carboxylic acids is 1. The van der Waals surface area contributed by atoms with Gasteiger partial charge in [0.1, 0.15) is 5.82 Å². The number of benzene rings is 2. The fraction of sp³-hybridized carbons (Fsp3) is 0.346. The average molecular weight is 491 g/mol. The number of carbonyl (C=O) groups is 1. The highest BCUT2D eigenvalue weighted by Gasteiger charge is 2.16. The van der Waals surface area contributed by atoms with Gasteiger partial charge in [-0.25, -0.2) is 13.9 Å². The number of halogens is 1. The van der Waals surface area contributed by atoms with E-state index in [0.29, 0.717) is 12.2 Å². The summed E-state index contributed by atoms with van der Waals surface area (Å²) in [5.41, 5.74) is 4.37. The van der Waals surface area contributed by atoms with E-state index in [1.54, 1.807) is 16.8 Å². The smallest absolute Gasteiger partial charge is 0.319 e. The molecule has 0 unspecified atom stereocenters. The second-order valence-corrected chi connectivity index (χ2v) is 9.20. The maximum absolute atomic E-state index is 13.1. The Morgan fingerprint density at radius 1 is 1.06 bits per heavy atom. The number of nitrogens with zero attached hydrogens (tertiary/aromatic N) is 6. The highest BCUT2D eigenvalue weighted by atomic mass is 19.1. The van der Waals surface area contributed by atoms with Gasteiger partial charge in [-0.15, -0.1) is 5.10 Å². The van der Waals surface area contributed by atoms with Gasteiger partial charge in [0.2, 0.25) is 0 Å². The molecule has 1 aliphatic heterocycles. The zero-order chi connectivity index (χ0) is 25.1. The maximum Gasteiger partial charge on any atom is 0.319 e. The van der Waals surface area contributed by atoms with Crippen LogP contribution in [0.4, 0.5) is 14.9 Å². The summed E-state index contributed by atoms with van der Waals surface area (Å²) in [6.07, 6.45) is 3.91. The summed E-state index contributed by atoms with van der Waals surface area (Å²) in [5, 5.41) is 15.5. The normalized spacial score (nSPS) is 14.9. The van der Waals surface area contributed by atoms with Crippen LogP contribution in [0.25, 0.3) is 16.6 Å². The largest absolute Gasteiger partial charge is 0.346 e. The van der Waals surface area contributed by atoms with Crippen LogP contribution in [0.15, 0.2) is 54.9 Å². The fourth-order valence-corrected chi connectivity index (χ4v) is 4.47. The van der Waals surface area contributed by atoms with Crippen LogP contribution in [0.1, 0.15) is 18.2 Å². The molecule has 3 heterocycles. The van der Waals surface area contributed by atoms with Crippen LogP contribution in [0.5, 0.6) is 0 Å². The molecule has 0 aliphatic carbocycles. The Hall–Kier alpha value is -3.76. The molecule has 4 aromatic rings. The molecule has 36 heavy (non-hydrogen) atoms. The molecule has 1 aliphatic rings. The van der Waals surface area contributed by atoms with Crippen molar-refractivity contribution >= 4 is 22.6 Å². The molecule has 2 aromatic carbocycles. The van der Waals surface area contributed by atoms with Crippen molar-refractivity contribution in [3.8, 4) is 5.69 Å². The van der Waals surface area contributed by atoms with E-state index in [9.17, 15) is 9.18 Å². The number of amides is 2. The third-order valence-electron chi connectivity index (χ3n) is 6.61. The van der Waals surface area contributed by atoms with Crippen LogP contribution in [-0.4, -0.2) is 68.6 Å². The number of fused-ring (bicyclic) bond motifs is 1. The predicted molar refractivity (Wildman–Crippen MR) is 138 cm³/mol. The number of aryl methyl sites for hydroxylation is 1. The number of likely N-dealkylation sites (N-methyl/N-ethyl adjacent to an activating group) is 1. The standard InChI is InChI=1S/C26H31FN8O/c1-3-34-18-24(29-26(36)28-15-19-4-6-20(27)7-5-19)23-14-22(8-9-25(23)34)35-17-21(30-31-35)16-33-12-10-32(2)11-13-33/h4-9,14,17-18H,3,10-13,15-16H2,1-2H3,(H2,28,29,36). The number of hydrogen-bond acceptors (Lipinski definition) is 5. The number of rotatable bonds is 7. The van der Waals surface area contributed by atoms with E-state index in [-0.39, 0.29) is 11.8 Å². The van der Waals surface area contributed by atoms with Crippen LogP contribution in [0, 0.1) is 5.82 Å². The van der Waals surface area contributed by atoms with E-state index < -0.39 is 0 Å². The first-order valence-corrected chi connectivity index (χ1v) is 12.2. The summed E-state index contributed by atoms with van der Waals surface area (Å²) >= 11 is 0. The van der Waals surface area contributed by atoms with E-state index >= 15 is 0 Å². The van der Waals surface area contributed by atoms with Gasteiger partial charge < -0.3 is 20.1 Å². The summed E-state index contributed by atoms with van der Waals surface area (Å²) in [5.74, 6) is -0.301. The molecule has 0 saturated carbocycles. The predicted octanol–water partition coefficient (Wildman–Crippen LogP) is 3.45. The zero-order valence-corrected chi connectivity index (χ0v) is 20.6. The minimum atomic E-state index is -0.324. The number of anilines is 1. The van der Waals surface area contributed by atoms with E-state index in [1.807, 2.05) is 30.6 Å². The lowest BCUT2D eigenvalue weighted by molar-refractivity contribution is 0.147. The van der Waals surface area contributed by atoms with Crippen LogP contribution in [0.3, 0.4) is 0 Å². The second kappa shape index (κ2) is 10.5. The van der Waals surface area contributed by atoms with Crippen molar-refractivity contribution in [3.63, 3.8) is 0 Å². The highest BCUT2D eigenvalue weighted by Crippen LogP contribution is 2.28. The van der Waals surface area contributed by atoms with E-state index in [0.717, 1.165) is 67.1 Å². The molecule has 2 N–H and O–H groups in total. The monoisotopic (exact) mass is 490 g/mol. The Balaban J connectivity index is 1.31. The van der Waals surface area contributed by atoms with Crippen molar-refractivity contribution in [3.05, 3.63) is 71.9 Å². The number of urea groups is 1. The number of aromatic nitrogens is 4. The molecular weight excluding hydrogens is 459 g/mol. The number of piperazine rings is 1. The van der Waals surface area contributed by atoms with Gasteiger partial charge in [-0.2, -0.15) is 0 Å². The van der Waals surface area contributed by atoms with Crippen LogP contribution in [-0.2, 0) is 19.6 Å². The maximum atomic E-state index is 13.1. The van der Waals surface area contributed by atoms with Gasteiger partial charge >= 0.3 is 6.03 Å². The molecule has 2 aromatic heterocycles. The Morgan fingerprint density at radius 3 is 2.58 bits per heavy atom. The Morgan fingerprint density at radius 2 is 1.83 bits per heavy atom. The van der Waals surface area contributed by atoms with Crippen molar-refractivity contribution in [2.24, 2.45) is 0 Å². The molecule has 0 radical (unpaired) electrons. The SMILES string of the molecule is CCn1cc(NC(=O)NCc2ccc(F)cc2)c2cc(-n3cc(CN4CCN(C)CC4)nn3)ccc21. The van der Waals surface area contributed by atoms with Gasteiger partial charge in [0.25, 0.3) is 0 Å². The fourth-order valence-electron chi connectivity index (χ4n) is 4.47. The first kappa shape index (κ1) is 24.0. The first-order valence-electron chi connectivity index (χ1n) is 12.2. The Labute approximate surface area is 209 Å². The summed E-state index contributed by atoms with van der Waals surface area (Å²) < 4.78 is 17.0. The van der Waals surface area contributed by atoms with Gasteiger partial charge in [0.15, 0.2) is 0 Å². The van der Waals surface area contributed by atoms with Crippen LogP contribution >= 0.6 is 0 Å². The van der Waals surface area contributed by atoms with Crippen molar-refractivity contribution in [2.75, 3.05) is 38.5 Å². The topological polar surface area (TPSA) is 83.3 Å². The zero-order valence-electron chi connectivity index (χ0n) is 20.6. The first-order chi connectivity index (χ1) is 17.5. The highest BCUT2D eigenvalue weighted by molar-refractivity contribution is 6.02. The molecule has 0 atom stereocenters. The van der Waals surface area contributed by atoms with E-state index in [1.165, 1.54) is 12.1 Å². The molecule has 188 valence electrons. The van der Waals surface area contributed by atoms with Crippen molar-refractivity contribution in [1.29, 1.82) is 0 Å². The van der Waals surface area contributed by atoms with Crippen LogP contribution in [0.2, 0.25) is 0 Å². The third-order valence-corrected chi connectivity index (χ3v) is 6.61. The summed E-state index contributed by atoms with van der Waals surface area (Å²) in [6, 6.07) is 11.8. The summed E-state index contributed by atoms with van der Waals surface area (Å²) in [7, 11) is 2.15. The van der Waals surface area contributed by atoms with Crippen molar-refractivity contribution < 1.29 is 9.18 Å². The van der Waals surface area contributed by atoms with Crippen molar-refractivity contribution in [2.45, 2.75) is 26.6 Å². The number of hydrogen-bond donors (Lipinski definition) is 2.